The zero-order valence-corrected chi connectivity index (χ0v) is 19.8. The average Bonchev–Trinajstić information content (AvgIpc) is 3.42. The van der Waals surface area contributed by atoms with Gasteiger partial charge >= 0.3 is 5.91 Å². The van der Waals surface area contributed by atoms with Gasteiger partial charge in [-0.15, -0.1) is 0 Å². The number of ether oxygens (including phenoxy) is 2. The van der Waals surface area contributed by atoms with Gasteiger partial charge in [-0.05, 0) is 67.1 Å². The van der Waals surface area contributed by atoms with Gasteiger partial charge in [-0.2, -0.15) is 0 Å². The molecule has 1 amide bonds. The molecule has 0 aliphatic carbocycles. The number of amides is 1. The standard InChI is InChI=1S/C26H21N3O5S/c1-3-34-17-6-4-16(5-7-17)23(30)21-22(15-10-12-27-13-11-15)29(25(32)24(21)31)26-28-19-9-8-18(33-2)14-20(19)35-26/h4-14,22,30H,3H2,1-2H3. The summed E-state index contributed by atoms with van der Waals surface area (Å²) in [6.07, 6.45) is 3.16. The Bertz CT molecular complexity index is 1450. The lowest BCUT2D eigenvalue weighted by atomic mass is 9.96. The molecule has 35 heavy (non-hydrogen) atoms. The number of nitrogens with zero attached hydrogens (tertiary/aromatic N) is 3. The number of Topliss-reactive ketones (excluding diaryl/α,β-unsaturated/α-hetero) is 1. The van der Waals surface area contributed by atoms with Crippen molar-refractivity contribution in [1.29, 1.82) is 0 Å². The van der Waals surface area contributed by atoms with Gasteiger partial charge in [0.15, 0.2) is 5.13 Å². The number of aliphatic hydroxyl groups excluding tert-OH is 1. The van der Waals surface area contributed by atoms with Crippen molar-refractivity contribution in [1.82, 2.24) is 9.97 Å². The van der Waals surface area contributed by atoms with Crippen molar-refractivity contribution in [3.63, 3.8) is 0 Å². The predicted molar refractivity (Wildman–Crippen MR) is 133 cm³/mol. The normalized spacial score (nSPS) is 17.2. The van der Waals surface area contributed by atoms with Gasteiger partial charge in [0, 0.05) is 18.0 Å². The Labute approximate surface area is 205 Å². The molecular weight excluding hydrogens is 466 g/mol. The van der Waals surface area contributed by atoms with Crippen molar-refractivity contribution in [2.75, 3.05) is 18.6 Å². The van der Waals surface area contributed by atoms with Crippen LogP contribution in [0, 0.1) is 0 Å². The fourth-order valence-electron chi connectivity index (χ4n) is 4.04. The summed E-state index contributed by atoms with van der Waals surface area (Å²) < 4.78 is 11.6. The molecule has 2 aromatic heterocycles. The molecule has 2 aromatic carbocycles. The van der Waals surface area contributed by atoms with E-state index in [9.17, 15) is 14.7 Å². The van der Waals surface area contributed by atoms with Gasteiger partial charge in [-0.3, -0.25) is 19.5 Å². The van der Waals surface area contributed by atoms with E-state index in [1.807, 2.05) is 13.0 Å². The SMILES string of the molecule is CCOc1ccc(C(O)=C2C(=O)C(=O)N(c3nc4ccc(OC)cc4s3)C2c2ccncc2)cc1. The maximum atomic E-state index is 13.3. The van der Waals surface area contributed by atoms with Crippen molar-refractivity contribution in [2.24, 2.45) is 0 Å². The number of hydrogen-bond acceptors (Lipinski definition) is 8. The van der Waals surface area contributed by atoms with E-state index in [0.717, 1.165) is 4.70 Å². The third-order valence-electron chi connectivity index (χ3n) is 5.70. The Kier molecular flexibility index (Phi) is 5.92. The van der Waals surface area contributed by atoms with Crippen molar-refractivity contribution < 1.29 is 24.2 Å². The molecule has 9 heteroatoms. The van der Waals surface area contributed by atoms with Crippen LogP contribution in [0.3, 0.4) is 0 Å². The van der Waals surface area contributed by atoms with Crippen LogP contribution in [-0.2, 0) is 9.59 Å². The summed E-state index contributed by atoms with van der Waals surface area (Å²) in [7, 11) is 1.58. The topological polar surface area (TPSA) is 102 Å². The number of carbonyl (C=O) groups excluding carboxylic acids is 2. The molecule has 0 bridgehead atoms. The number of hydrogen-bond donors (Lipinski definition) is 1. The van der Waals surface area contributed by atoms with E-state index < -0.39 is 17.7 Å². The fourth-order valence-corrected chi connectivity index (χ4v) is 5.07. The van der Waals surface area contributed by atoms with E-state index >= 15 is 0 Å². The minimum Gasteiger partial charge on any atom is -0.507 e. The summed E-state index contributed by atoms with van der Waals surface area (Å²) >= 11 is 1.27. The van der Waals surface area contributed by atoms with Crippen molar-refractivity contribution >= 4 is 44.1 Å². The summed E-state index contributed by atoms with van der Waals surface area (Å²) in [6, 6.07) is 14.7. The molecule has 1 saturated heterocycles. The number of methoxy groups -OCH3 is 1. The first-order valence-electron chi connectivity index (χ1n) is 10.9. The number of benzene rings is 2. The molecule has 1 atom stereocenters. The van der Waals surface area contributed by atoms with Crippen LogP contribution in [0.4, 0.5) is 5.13 Å². The lowest BCUT2D eigenvalue weighted by Gasteiger charge is -2.22. The summed E-state index contributed by atoms with van der Waals surface area (Å²) in [4.78, 5) is 36.6. The maximum Gasteiger partial charge on any atom is 0.301 e. The largest absolute Gasteiger partial charge is 0.507 e. The van der Waals surface area contributed by atoms with Crippen LogP contribution in [0.5, 0.6) is 11.5 Å². The number of fused-ring (bicyclic) bond motifs is 1. The molecule has 1 N–H and O–H groups in total. The molecule has 0 spiro atoms. The second-order valence-corrected chi connectivity index (χ2v) is 8.75. The quantitative estimate of drug-likeness (QED) is 0.238. The van der Waals surface area contributed by atoms with E-state index in [1.54, 1.807) is 68.0 Å². The zero-order valence-electron chi connectivity index (χ0n) is 19.0. The highest BCUT2D eigenvalue weighted by Gasteiger charge is 2.48. The second-order valence-electron chi connectivity index (χ2n) is 7.74. The van der Waals surface area contributed by atoms with Gasteiger partial charge in [-0.1, -0.05) is 11.3 Å². The lowest BCUT2D eigenvalue weighted by molar-refractivity contribution is -0.132. The molecule has 3 heterocycles. The predicted octanol–water partition coefficient (Wildman–Crippen LogP) is 4.72. The van der Waals surface area contributed by atoms with Crippen molar-refractivity contribution in [3.05, 3.63) is 83.7 Å². The molecule has 1 aliphatic rings. The molecule has 5 rings (SSSR count). The summed E-state index contributed by atoms with van der Waals surface area (Å²) in [5.74, 6) is -0.505. The van der Waals surface area contributed by atoms with Crippen molar-refractivity contribution in [3.8, 4) is 11.5 Å². The van der Waals surface area contributed by atoms with E-state index in [2.05, 4.69) is 9.97 Å². The van der Waals surface area contributed by atoms with Crippen LogP contribution in [0.1, 0.15) is 24.1 Å². The number of ketones is 1. The number of thiazole rings is 1. The molecule has 4 aromatic rings. The fraction of sp³-hybridized carbons (Fsp3) is 0.154. The maximum absolute atomic E-state index is 13.3. The van der Waals surface area contributed by atoms with Crippen molar-refractivity contribution in [2.45, 2.75) is 13.0 Å². The van der Waals surface area contributed by atoms with E-state index in [1.165, 1.54) is 16.2 Å². The van der Waals surface area contributed by atoms with Crippen LogP contribution >= 0.6 is 11.3 Å². The van der Waals surface area contributed by atoms with Gasteiger partial charge in [0.2, 0.25) is 0 Å². The summed E-state index contributed by atoms with van der Waals surface area (Å²) in [5.41, 5.74) is 1.69. The number of aromatic nitrogens is 2. The number of carbonyl (C=O) groups is 2. The summed E-state index contributed by atoms with van der Waals surface area (Å²) in [5, 5.41) is 11.6. The number of pyridine rings is 1. The average molecular weight is 488 g/mol. The number of rotatable bonds is 6. The Balaban J connectivity index is 1.66. The highest BCUT2D eigenvalue weighted by molar-refractivity contribution is 7.22. The second kappa shape index (κ2) is 9.19. The van der Waals surface area contributed by atoms with Crippen LogP contribution < -0.4 is 14.4 Å². The third kappa shape index (κ3) is 4.00. The Morgan fingerprint density at radius 2 is 1.77 bits per heavy atom. The highest BCUT2D eigenvalue weighted by atomic mass is 32.1. The van der Waals surface area contributed by atoms with Gasteiger partial charge in [0.05, 0.1) is 35.5 Å². The summed E-state index contributed by atoms with van der Waals surface area (Å²) in [6.45, 7) is 2.38. The van der Waals surface area contributed by atoms with E-state index in [0.29, 0.717) is 39.9 Å². The molecule has 8 nitrogen and oxygen atoms in total. The van der Waals surface area contributed by atoms with Crippen LogP contribution in [0.25, 0.3) is 16.0 Å². The highest BCUT2D eigenvalue weighted by Crippen LogP contribution is 2.44. The zero-order chi connectivity index (χ0) is 24.5. The van der Waals surface area contributed by atoms with Gasteiger partial charge in [0.25, 0.3) is 5.78 Å². The van der Waals surface area contributed by atoms with E-state index in [-0.39, 0.29) is 11.3 Å². The van der Waals surface area contributed by atoms with Crippen LogP contribution in [0.15, 0.2) is 72.6 Å². The minimum absolute atomic E-state index is 0.0119. The molecule has 0 saturated carbocycles. The Hall–Kier alpha value is -4.24. The molecule has 1 aliphatic heterocycles. The molecular formula is C26H21N3O5S. The van der Waals surface area contributed by atoms with Crippen LogP contribution in [0.2, 0.25) is 0 Å². The molecule has 0 radical (unpaired) electrons. The third-order valence-corrected chi connectivity index (χ3v) is 6.71. The van der Waals surface area contributed by atoms with Gasteiger partial charge < -0.3 is 14.6 Å². The monoisotopic (exact) mass is 487 g/mol. The molecule has 1 unspecified atom stereocenters. The first-order chi connectivity index (χ1) is 17.0. The first-order valence-corrected chi connectivity index (χ1v) is 11.7. The minimum atomic E-state index is -0.868. The first kappa shape index (κ1) is 22.5. The lowest BCUT2D eigenvalue weighted by Crippen LogP contribution is -2.29. The Morgan fingerprint density at radius 1 is 1.06 bits per heavy atom. The van der Waals surface area contributed by atoms with Gasteiger partial charge in [0.1, 0.15) is 17.3 Å². The van der Waals surface area contributed by atoms with Gasteiger partial charge in [-0.25, -0.2) is 4.98 Å². The Morgan fingerprint density at radius 3 is 2.46 bits per heavy atom. The van der Waals surface area contributed by atoms with E-state index in [4.69, 9.17) is 9.47 Å². The molecule has 1 fully saturated rings. The molecule has 176 valence electrons. The smallest absolute Gasteiger partial charge is 0.301 e. The number of anilines is 1. The van der Waals surface area contributed by atoms with Crippen LogP contribution in [-0.4, -0.2) is 40.5 Å². The number of aliphatic hydroxyl groups is 1.